The number of alkyl carbamates (subject to hydrolysis) is 1. The molecule has 1 saturated heterocycles. The van der Waals surface area contributed by atoms with Gasteiger partial charge in [-0.1, -0.05) is 0 Å². The second kappa shape index (κ2) is 6.34. The van der Waals surface area contributed by atoms with Crippen LogP contribution in [0, 0.1) is 0 Å². The third-order valence-corrected chi connectivity index (χ3v) is 5.04. The van der Waals surface area contributed by atoms with E-state index in [1.54, 1.807) is 0 Å². The number of carbonyl (C=O) groups is 2. The largest absolute Gasteiger partial charge is 0.463 e. The SMILES string of the molecule is CC(C)(C)OC(=O)NC1CCC(=O)CC1B1OC(C)(C)C(C)(C)O1. The molecule has 0 aromatic carbocycles. The minimum Gasteiger partial charge on any atom is -0.444 e. The van der Waals surface area contributed by atoms with Gasteiger partial charge in [0.15, 0.2) is 0 Å². The summed E-state index contributed by atoms with van der Waals surface area (Å²) in [6, 6.07) is -0.202. The van der Waals surface area contributed by atoms with Gasteiger partial charge in [0.2, 0.25) is 0 Å². The Bertz CT molecular complexity index is 496. The third kappa shape index (κ3) is 4.31. The van der Waals surface area contributed by atoms with E-state index in [1.165, 1.54) is 0 Å². The smallest absolute Gasteiger partial charge is 0.444 e. The van der Waals surface area contributed by atoms with Crippen LogP contribution in [0.5, 0.6) is 0 Å². The predicted molar refractivity (Wildman–Crippen MR) is 91.8 cm³/mol. The summed E-state index contributed by atoms with van der Waals surface area (Å²) in [6.45, 7) is 13.4. The van der Waals surface area contributed by atoms with Crippen molar-refractivity contribution in [3.05, 3.63) is 0 Å². The molecule has 24 heavy (non-hydrogen) atoms. The van der Waals surface area contributed by atoms with Crippen LogP contribution in [0.15, 0.2) is 0 Å². The van der Waals surface area contributed by atoms with Crippen molar-refractivity contribution in [2.75, 3.05) is 0 Å². The maximum absolute atomic E-state index is 12.1. The lowest BCUT2D eigenvalue weighted by molar-refractivity contribution is -0.120. The summed E-state index contributed by atoms with van der Waals surface area (Å²) in [5.41, 5.74) is -1.49. The molecule has 0 aromatic rings. The number of Topliss-reactive ketones (excluding diaryl/α,β-unsaturated/α-hetero) is 1. The Morgan fingerprint density at radius 2 is 1.75 bits per heavy atom. The first-order valence-electron chi connectivity index (χ1n) is 8.68. The number of hydrogen-bond acceptors (Lipinski definition) is 5. The maximum Gasteiger partial charge on any atom is 0.463 e. The van der Waals surface area contributed by atoms with Gasteiger partial charge in [0, 0.05) is 24.7 Å². The predicted octanol–water partition coefficient (Wildman–Crippen LogP) is 3.10. The number of hydrogen-bond donors (Lipinski definition) is 1. The van der Waals surface area contributed by atoms with Crippen molar-refractivity contribution in [2.45, 2.75) is 96.4 Å². The van der Waals surface area contributed by atoms with Crippen LogP contribution in [0.2, 0.25) is 5.82 Å². The first-order valence-corrected chi connectivity index (χ1v) is 8.68. The average Bonchev–Trinajstić information content (AvgIpc) is 2.58. The molecule has 0 aromatic heterocycles. The second-order valence-corrected chi connectivity index (χ2v) is 8.82. The molecule has 1 saturated carbocycles. The van der Waals surface area contributed by atoms with Gasteiger partial charge in [0.1, 0.15) is 11.4 Å². The van der Waals surface area contributed by atoms with Crippen molar-refractivity contribution in [1.29, 1.82) is 0 Å². The van der Waals surface area contributed by atoms with Crippen molar-refractivity contribution in [2.24, 2.45) is 0 Å². The summed E-state index contributed by atoms with van der Waals surface area (Å²) in [4.78, 5) is 24.1. The molecule has 2 rings (SSSR count). The zero-order chi connectivity index (χ0) is 18.3. The zero-order valence-electron chi connectivity index (χ0n) is 15.9. The van der Waals surface area contributed by atoms with Crippen LogP contribution in [0.4, 0.5) is 4.79 Å². The van der Waals surface area contributed by atoms with Gasteiger partial charge in [-0.05, 0) is 54.9 Å². The quantitative estimate of drug-likeness (QED) is 0.783. The van der Waals surface area contributed by atoms with Crippen LogP contribution in [0.3, 0.4) is 0 Å². The van der Waals surface area contributed by atoms with Gasteiger partial charge in [0.25, 0.3) is 0 Å². The number of amides is 1. The highest BCUT2D eigenvalue weighted by atomic mass is 16.7. The van der Waals surface area contributed by atoms with E-state index in [9.17, 15) is 9.59 Å². The summed E-state index contributed by atoms with van der Waals surface area (Å²) in [5, 5.41) is 2.90. The van der Waals surface area contributed by atoms with Gasteiger partial charge in [-0.2, -0.15) is 0 Å². The van der Waals surface area contributed by atoms with Gasteiger partial charge in [-0.3, -0.25) is 4.79 Å². The number of ether oxygens (including phenoxy) is 1. The second-order valence-electron chi connectivity index (χ2n) is 8.82. The summed E-state index contributed by atoms with van der Waals surface area (Å²) >= 11 is 0. The average molecular weight is 339 g/mol. The maximum atomic E-state index is 12.1. The van der Waals surface area contributed by atoms with Crippen molar-refractivity contribution < 1.29 is 23.6 Å². The Morgan fingerprint density at radius 1 is 1.21 bits per heavy atom. The molecule has 0 spiro atoms. The molecule has 7 heteroatoms. The molecule has 0 bridgehead atoms. The Hall–Kier alpha value is -1.08. The van der Waals surface area contributed by atoms with Gasteiger partial charge < -0.3 is 19.4 Å². The number of ketones is 1. The molecular formula is C17H30BNO5. The summed E-state index contributed by atoms with van der Waals surface area (Å²) in [7, 11) is -0.515. The molecule has 1 N–H and O–H groups in total. The number of carbonyl (C=O) groups excluding carboxylic acids is 2. The topological polar surface area (TPSA) is 73.9 Å². The Kier molecular flexibility index (Phi) is 5.08. The van der Waals surface area contributed by atoms with Crippen LogP contribution in [0.1, 0.15) is 67.7 Å². The lowest BCUT2D eigenvalue weighted by Gasteiger charge is -2.33. The fourth-order valence-electron chi connectivity index (χ4n) is 3.03. The first-order chi connectivity index (χ1) is 10.8. The Balaban J connectivity index is 2.10. The highest BCUT2D eigenvalue weighted by Crippen LogP contribution is 2.43. The number of rotatable bonds is 2. The zero-order valence-corrected chi connectivity index (χ0v) is 15.9. The fourth-order valence-corrected chi connectivity index (χ4v) is 3.03. The van der Waals surface area contributed by atoms with E-state index < -0.39 is 30.0 Å². The molecule has 2 unspecified atom stereocenters. The monoisotopic (exact) mass is 339 g/mol. The molecule has 1 aliphatic carbocycles. The van der Waals surface area contributed by atoms with E-state index in [1.807, 2.05) is 48.5 Å². The van der Waals surface area contributed by atoms with Gasteiger partial charge in [-0.15, -0.1) is 0 Å². The lowest BCUT2D eigenvalue weighted by Crippen LogP contribution is -2.48. The summed E-state index contributed by atoms with van der Waals surface area (Å²) in [5.74, 6) is -0.0308. The lowest BCUT2D eigenvalue weighted by atomic mass is 9.61. The van der Waals surface area contributed by atoms with Crippen LogP contribution in [0.25, 0.3) is 0 Å². The molecule has 1 heterocycles. The molecule has 1 amide bonds. The molecule has 2 atom stereocenters. The third-order valence-electron chi connectivity index (χ3n) is 5.04. The molecular weight excluding hydrogens is 309 g/mol. The molecule has 2 aliphatic rings. The Morgan fingerprint density at radius 3 is 2.25 bits per heavy atom. The molecule has 1 aliphatic heterocycles. The van der Waals surface area contributed by atoms with E-state index in [-0.39, 0.29) is 17.6 Å². The first kappa shape index (κ1) is 19.3. The fraction of sp³-hybridized carbons (Fsp3) is 0.882. The minimum absolute atomic E-state index is 0.178. The summed E-state index contributed by atoms with van der Waals surface area (Å²) in [6.07, 6.45) is 0.906. The van der Waals surface area contributed by atoms with Crippen molar-refractivity contribution in [3.63, 3.8) is 0 Å². The van der Waals surface area contributed by atoms with Crippen LogP contribution in [-0.4, -0.2) is 41.8 Å². The molecule has 0 radical (unpaired) electrons. The van der Waals surface area contributed by atoms with E-state index in [0.717, 1.165) is 0 Å². The Labute approximate surface area is 145 Å². The minimum atomic E-state index is -0.561. The molecule has 2 fully saturated rings. The van der Waals surface area contributed by atoms with Gasteiger partial charge in [-0.25, -0.2) is 4.79 Å². The van der Waals surface area contributed by atoms with Crippen LogP contribution >= 0.6 is 0 Å². The highest BCUT2D eigenvalue weighted by molar-refractivity contribution is 6.48. The van der Waals surface area contributed by atoms with Crippen molar-refractivity contribution >= 4 is 19.0 Å². The van der Waals surface area contributed by atoms with E-state index in [2.05, 4.69) is 5.32 Å². The molecule has 136 valence electrons. The highest BCUT2D eigenvalue weighted by Gasteiger charge is 2.56. The van der Waals surface area contributed by atoms with Crippen LogP contribution in [-0.2, 0) is 18.8 Å². The van der Waals surface area contributed by atoms with Crippen molar-refractivity contribution in [3.8, 4) is 0 Å². The standard InChI is InChI=1S/C17H30BNO5/c1-15(2,3)22-14(21)19-13-9-8-11(20)10-12(13)18-23-16(4,5)17(6,7)24-18/h12-13H,8-10H2,1-7H3,(H,19,21). The van der Waals surface area contributed by atoms with Crippen molar-refractivity contribution in [1.82, 2.24) is 5.32 Å². The van der Waals surface area contributed by atoms with E-state index in [4.69, 9.17) is 14.0 Å². The molecule has 6 nitrogen and oxygen atoms in total. The summed E-state index contributed by atoms with van der Waals surface area (Å²) < 4.78 is 17.5. The van der Waals surface area contributed by atoms with Gasteiger partial charge in [0.05, 0.1) is 11.2 Å². The van der Waals surface area contributed by atoms with E-state index in [0.29, 0.717) is 19.3 Å². The normalized spacial score (nSPS) is 29.5. The van der Waals surface area contributed by atoms with Crippen LogP contribution < -0.4 is 5.32 Å². The van der Waals surface area contributed by atoms with E-state index >= 15 is 0 Å². The van der Waals surface area contributed by atoms with Gasteiger partial charge >= 0.3 is 13.2 Å². The number of nitrogens with one attached hydrogen (secondary N) is 1.